The van der Waals surface area contributed by atoms with E-state index in [0.29, 0.717) is 16.8 Å². The number of aliphatic hydroxyl groups excluding tert-OH is 2. The van der Waals surface area contributed by atoms with Gasteiger partial charge in [0, 0.05) is 6.20 Å². The summed E-state index contributed by atoms with van der Waals surface area (Å²) in [6.45, 7) is 1.43. The summed E-state index contributed by atoms with van der Waals surface area (Å²) in [6.07, 6.45) is -4.33. The third kappa shape index (κ3) is 5.50. The topological polar surface area (TPSA) is 183 Å². The van der Waals surface area contributed by atoms with E-state index in [9.17, 15) is 24.4 Å². The molecule has 5 N–H and O–H groups in total. The van der Waals surface area contributed by atoms with E-state index in [1.165, 1.54) is 22.9 Å². The molecule has 3 heterocycles. The van der Waals surface area contributed by atoms with Crippen molar-refractivity contribution in [3.8, 4) is 6.07 Å². The number of benzene rings is 1. The molecule has 4 rings (SSSR count). The number of rotatable bonds is 8. The number of aliphatic hydroxyl groups is 2. The lowest BCUT2D eigenvalue weighted by Crippen LogP contribution is -2.33. The minimum absolute atomic E-state index is 0.166. The van der Waals surface area contributed by atoms with Gasteiger partial charge in [-0.2, -0.15) is 5.26 Å². The zero-order valence-corrected chi connectivity index (χ0v) is 19.3. The minimum atomic E-state index is -4.41. The van der Waals surface area contributed by atoms with Gasteiger partial charge in [-0.05, 0) is 30.7 Å². The van der Waals surface area contributed by atoms with Gasteiger partial charge in [0.1, 0.15) is 48.0 Å². The average molecular weight is 507 g/mol. The van der Waals surface area contributed by atoms with Gasteiger partial charge in [-0.25, -0.2) is 14.4 Å². The summed E-state index contributed by atoms with van der Waals surface area (Å²) in [5.41, 5.74) is 0.893. The number of hydrogen-bond donors (Lipinski definition) is 5. The van der Waals surface area contributed by atoms with Crippen molar-refractivity contribution in [1.29, 1.82) is 5.26 Å². The number of aromatic nitrogens is 3. The van der Waals surface area contributed by atoms with Crippen LogP contribution < -0.4 is 5.32 Å². The van der Waals surface area contributed by atoms with Crippen LogP contribution in [0.25, 0.3) is 11.0 Å². The fourth-order valence-electron chi connectivity index (χ4n) is 3.85. The van der Waals surface area contributed by atoms with Gasteiger partial charge < -0.3 is 39.4 Å². The molecule has 0 bridgehead atoms. The Bertz CT molecular complexity index is 1310. The number of ether oxygens (including phenoxy) is 2. The fourth-order valence-corrected chi connectivity index (χ4v) is 4.19. The molecule has 186 valence electrons. The Hall–Kier alpha value is -2.95. The number of nitriles is 1. The summed E-state index contributed by atoms with van der Waals surface area (Å²) in [7, 11) is -4.41. The smallest absolute Gasteiger partial charge is 0.350 e. The van der Waals surface area contributed by atoms with Crippen LogP contribution in [-0.2, 0) is 14.0 Å². The molecule has 1 aliphatic rings. The molecular formula is C21H23FN5O7P. The highest BCUT2D eigenvalue weighted by atomic mass is 31.2. The molecule has 0 saturated carbocycles. The van der Waals surface area contributed by atoms with Crippen LogP contribution >= 0.6 is 7.60 Å². The molecule has 0 unspecified atom stereocenters. The van der Waals surface area contributed by atoms with Crippen LogP contribution in [0.15, 0.2) is 36.5 Å². The molecule has 14 heteroatoms. The predicted octanol–water partition coefficient (Wildman–Crippen LogP) is 1.39. The summed E-state index contributed by atoms with van der Waals surface area (Å²) in [6, 6.07) is 9.18. The molecule has 1 aromatic carbocycles. The number of hydrogen-bond acceptors (Lipinski definition) is 9. The van der Waals surface area contributed by atoms with Crippen molar-refractivity contribution in [3.05, 3.63) is 53.7 Å². The largest absolute Gasteiger partial charge is 0.387 e. The van der Waals surface area contributed by atoms with Crippen molar-refractivity contribution < 1.29 is 38.4 Å². The average Bonchev–Trinajstić information content (AvgIpc) is 3.34. The zero-order valence-electron chi connectivity index (χ0n) is 18.4. The standard InChI is InChI=1S/C21H23FN5O7P/c1-11(12-3-2-4-13(22)7-12)24-19-14-5-6-27(20(14)26-16(8-23)25-19)21-18(29)17(28)15(34-21)9-33-10-35(30,31)32/h2-7,11,15,17-18,21,28-29H,9-10H2,1H3,(H,24,25,26)(H2,30,31,32)/t11-,15-,17-,18-,21-/m1/s1. The third-order valence-corrected chi connectivity index (χ3v) is 6.05. The maximum absolute atomic E-state index is 13.6. The predicted molar refractivity (Wildman–Crippen MR) is 119 cm³/mol. The van der Waals surface area contributed by atoms with E-state index >= 15 is 0 Å². The van der Waals surface area contributed by atoms with Crippen LogP contribution in [0.5, 0.6) is 0 Å². The second-order valence-electron chi connectivity index (χ2n) is 8.10. The zero-order chi connectivity index (χ0) is 25.3. The summed E-state index contributed by atoms with van der Waals surface area (Å²) in [5.74, 6) is -0.254. The van der Waals surface area contributed by atoms with Crippen molar-refractivity contribution in [2.45, 2.75) is 37.5 Å². The molecule has 0 aliphatic carbocycles. The second-order valence-corrected chi connectivity index (χ2v) is 9.69. The van der Waals surface area contributed by atoms with Crippen molar-refractivity contribution in [3.63, 3.8) is 0 Å². The quantitative estimate of drug-likeness (QED) is 0.278. The summed E-state index contributed by atoms with van der Waals surface area (Å²) in [4.78, 5) is 26.3. The highest BCUT2D eigenvalue weighted by Crippen LogP contribution is 2.36. The fraction of sp³-hybridized carbons (Fsp3) is 0.381. The van der Waals surface area contributed by atoms with Gasteiger partial charge in [0.05, 0.1) is 18.0 Å². The number of fused-ring (bicyclic) bond motifs is 1. The lowest BCUT2D eigenvalue weighted by molar-refractivity contribution is -0.0610. The van der Waals surface area contributed by atoms with E-state index < -0.39 is 44.3 Å². The first-order valence-electron chi connectivity index (χ1n) is 10.5. The lowest BCUT2D eigenvalue weighted by Gasteiger charge is -2.19. The number of nitrogens with one attached hydrogen (secondary N) is 1. The van der Waals surface area contributed by atoms with E-state index in [2.05, 4.69) is 15.3 Å². The Labute approximate surface area is 198 Å². The minimum Gasteiger partial charge on any atom is -0.387 e. The SMILES string of the molecule is C[C@@H](Nc1nc(C#N)nc2c1ccn2[C@@H]1O[C@H](COCP(=O)(O)O)[C@@H](O)[C@H]1O)c1cccc(F)c1. The maximum Gasteiger partial charge on any atom is 0.350 e. The van der Waals surface area contributed by atoms with Crippen molar-refractivity contribution in [2.75, 3.05) is 18.3 Å². The highest BCUT2D eigenvalue weighted by Gasteiger charge is 2.44. The Morgan fingerprint density at radius 2 is 2.09 bits per heavy atom. The Kier molecular flexibility index (Phi) is 7.16. The molecule has 2 aromatic heterocycles. The first kappa shape index (κ1) is 25.2. The van der Waals surface area contributed by atoms with Crippen LogP contribution in [-0.4, -0.2) is 65.8 Å². The molecule has 35 heavy (non-hydrogen) atoms. The Morgan fingerprint density at radius 1 is 1.31 bits per heavy atom. The molecule has 1 saturated heterocycles. The number of anilines is 1. The summed E-state index contributed by atoms with van der Waals surface area (Å²) in [5, 5.41) is 34.0. The van der Waals surface area contributed by atoms with Crippen LogP contribution in [0.2, 0.25) is 0 Å². The van der Waals surface area contributed by atoms with Gasteiger partial charge in [0.15, 0.2) is 6.23 Å². The van der Waals surface area contributed by atoms with Gasteiger partial charge >= 0.3 is 7.60 Å². The molecule has 0 radical (unpaired) electrons. The molecule has 12 nitrogen and oxygen atoms in total. The maximum atomic E-state index is 13.6. The van der Waals surface area contributed by atoms with Gasteiger partial charge in [-0.15, -0.1) is 0 Å². The highest BCUT2D eigenvalue weighted by molar-refractivity contribution is 7.51. The van der Waals surface area contributed by atoms with Crippen molar-refractivity contribution >= 4 is 24.4 Å². The summed E-state index contributed by atoms with van der Waals surface area (Å²) < 4.78 is 36.7. The van der Waals surface area contributed by atoms with Crippen molar-refractivity contribution in [2.24, 2.45) is 0 Å². The lowest BCUT2D eigenvalue weighted by atomic mass is 10.1. The third-order valence-electron chi connectivity index (χ3n) is 5.53. The van der Waals surface area contributed by atoms with Crippen molar-refractivity contribution in [1.82, 2.24) is 14.5 Å². The first-order chi connectivity index (χ1) is 16.6. The monoisotopic (exact) mass is 507 g/mol. The Morgan fingerprint density at radius 3 is 2.77 bits per heavy atom. The number of halogens is 1. The van der Waals surface area contributed by atoms with E-state index in [1.54, 1.807) is 25.1 Å². The van der Waals surface area contributed by atoms with Crippen LogP contribution in [0, 0.1) is 17.1 Å². The molecule has 0 spiro atoms. The molecule has 1 aliphatic heterocycles. The van der Waals surface area contributed by atoms with Gasteiger partial charge in [0.2, 0.25) is 5.82 Å². The van der Waals surface area contributed by atoms with E-state index in [1.807, 2.05) is 6.07 Å². The molecule has 0 amide bonds. The molecular weight excluding hydrogens is 484 g/mol. The second kappa shape index (κ2) is 9.96. The van der Waals surface area contributed by atoms with Crippen LogP contribution in [0.4, 0.5) is 10.2 Å². The van der Waals surface area contributed by atoms with E-state index in [0.717, 1.165) is 0 Å². The summed E-state index contributed by atoms with van der Waals surface area (Å²) >= 11 is 0. The van der Waals surface area contributed by atoms with E-state index in [-0.39, 0.29) is 24.1 Å². The normalized spacial score (nSPS) is 23.3. The number of nitrogens with zero attached hydrogens (tertiary/aromatic N) is 4. The van der Waals surface area contributed by atoms with Crippen LogP contribution in [0.3, 0.4) is 0 Å². The molecule has 5 atom stereocenters. The van der Waals surface area contributed by atoms with Gasteiger partial charge in [0.25, 0.3) is 0 Å². The Balaban J connectivity index is 1.61. The molecule has 3 aromatic rings. The van der Waals surface area contributed by atoms with Crippen LogP contribution in [0.1, 0.15) is 30.6 Å². The van der Waals surface area contributed by atoms with Gasteiger partial charge in [-0.1, -0.05) is 12.1 Å². The van der Waals surface area contributed by atoms with Gasteiger partial charge in [-0.3, -0.25) is 4.57 Å². The molecule has 1 fully saturated rings. The van der Waals surface area contributed by atoms with E-state index in [4.69, 9.17) is 19.3 Å². The first-order valence-corrected chi connectivity index (χ1v) is 12.3.